The average Bonchev–Trinajstić information content (AvgIpc) is 2.59. The van der Waals surface area contributed by atoms with Crippen LogP contribution in [0.25, 0.3) is 0 Å². The standard InChI is InChI=1S/C16H29N5O5/c1-4-5-7-21-14(17)13(15(23)19-16(21)24)20(8-10-26-3)11-12(22)18-6-9-25-2/h4-11,17H2,1-3H3,(H,18,22)(H,19,23,24). The second-order valence-corrected chi connectivity index (χ2v) is 5.76. The molecule has 0 radical (unpaired) electrons. The summed E-state index contributed by atoms with van der Waals surface area (Å²) < 4.78 is 11.3. The van der Waals surface area contributed by atoms with Crippen LogP contribution in [0, 0.1) is 0 Å². The number of methoxy groups -OCH3 is 2. The third kappa shape index (κ3) is 6.19. The van der Waals surface area contributed by atoms with E-state index in [4.69, 9.17) is 15.2 Å². The van der Waals surface area contributed by atoms with E-state index in [-0.39, 0.29) is 37.1 Å². The normalized spacial score (nSPS) is 10.7. The molecule has 1 aromatic heterocycles. The van der Waals surface area contributed by atoms with Gasteiger partial charge in [-0.25, -0.2) is 4.79 Å². The molecule has 10 heteroatoms. The summed E-state index contributed by atoms with van der Waals surface area (Å²) in [6, 6.07) is 0. The molecular formula is C16H29N5O5. The number of nitrogens with two attached hydrogens (primary N) is 1. The largest absolute Gasteiger partial charge is 0.383 e. The van der Waals surface area contributed by atoms with Crippen molar-refractivity contribution in [3.63, 3.8) is 0 Å². The highest BCUT2D eigenvalue weighted by atomic mass is 16.5. The molecule has 1 rings (SSSR count). The van der Waals surface area contributed by atoms with E-state index in [0.29, 0.717) is 19.7 Å². The van der Waals surface area contributed by atoms with Gasteiger partial charge in [0.1, 0.15) is 11.5 Å². The highest BCUT2D eigenvalue weighted by Crippen LogP contribution is 2.16. The number of aromatic nitrogens is 2. The minimum atomic E-state index is -0.624. The number of nitrogens with one attached hydrogen (secondary N) is 2. The molecule has 0 aliphatic heterocycles. The first kappa shape index (κ1) is 21.7. The Morgan fingerprint density at radius 1 is 1.27 bits per heavy atom. The Balaban J connectivity index is 3.14. The molecule has 0 bridgehead atoms. The molecule has 0 spiro atoms. The Hall–Kier alpha value is -2.33. The van der Waals surface area contributed by atoms with Gasteiger partial charge in [0.2, 0.25) is 5.91 Å². The zero-order valence-electron chi connectivity index (χ0n) is 15.7. The van der Waals surface area contributed by atoms with Crippen molar-refractivity contribution >= 4 is 17.4 Å². The lowest BCUT2D eigenvalue weighted by atomic mass is 10.3. The number of rotatable bonds is 12. The van der Waals surface area contributed by atoms with Crippen molar-refractivity contribution in [1.82, 2.24) is 14.9 Å². The molecule has 1 amide bonds. The van der Waals surface area contributed by atoms with E-state index >= 15 is 0 Å². The van der Waals surface area contributed by atoms with Gasteiger partial charge in [0.05, 0.1) is 19.8 Å². The minimum Gasteiger partial charge on any atom is -0.383 e. The van der Waals surface area contributed by atoms with Gasteiger partial charge < -0.3 is 25.4 Å². The number of H-pyrrole nitrogens is 1. The van der Waals surface area contributed by atoms with Crippen LogP contribution in [-0.2, 0) is 20.8 Å². The first-order valence-corrected chi connectivity index (χ1v) is 8.58. The fourth-order valence-corrected chi connectivity index (χ4v) is 2.41. The van der Waals surface area contributed by atoms with E-state index in [1.807, 2.05) is 6.92 Å². The molecule has 1 heterocycles. The van der Waals surface area contributed by atoms with Crippen LogP contribution in [0.3, 0.4) is 0 Å². The average molecular weight is 371 g/mol. The molecule has 0 aliphatic carbocycles. The summed E-state index contributed by atoms with van der Waals surface area (Å²) in [7, 11) is 3.06. The number of aromatic amines is 1. The molecule has 0 atom stereocenters. The van der Waals surface area contributed by atoms with Gasteiger partial charge in [-0.1, -0.05) is 13.3 Å². The van der Waals surface area contributed by atoms with Gasteiger partial charge in [0, 0.05) is 33.9 Å². The molecule has 0 fully saturated rings. The number of amides is 1. The van der Waals surface area contributed by atoms with E-state index in [1.165, 1.54) is 23.7 Å². The predicted molar refractivity (Wildman–Crippen MR) is 99.6 cm³/mol. The molecular weight excluding hydrogens is 342 g/mol. The van der Waals surface area contributed by atoms with E-state index in [2.05, 4.69) is 10.3 Å². The van der Waals surface area contributed by atoms with Crippen LogP contribution in [0.5, 0.6) is 0 Å². The lowest BCUT2D eigenvalue weighted by Crippen LogP contribution is -2.44. The van der Waals surface area contributed by atoms with Gasteiger partial charge in [-0.3, -0.25) is 19.1 Å². The highest BCUT2D eigenvalue weighted by Gasteiger charge is 2.20. The number of anilines is 2. The van der Waals surface area contributed by atoms with Crippen LogP contribution in [-0.4, -0.2) is 62.5 Å². The Bertz CT molecular complexity index is 685. The summed E-state index contributed by atoms with van der Waals surface area (Å²) in [6.45, 7) is 3.59. The first-order chi connectivity index (χ1) is 12.5. The number of hydrogen-bond donors (Lipinski definition) is 3. The second kappa shape index (κ2) is 11.3. The fourth-order valence-electron chi connectivity index (χ4n) is 2.41. The number of nitrogens with zero attached hydrogens (tertiary/aromatic N) is 2. The maximum Gasteiger partial charge on any atom is 0.330 e. The van der Waals surface area contributed by atoms with Crippen LogP contribution in [0.15, 0.2) is 9.59 Å². The first-order valence-electron chi connectivity index (χ1n) is 8.58. The molecule has 0 aliphatic rings. The van der Waals surface area contributed by atoms with Crippen molar-refractivity contribution < 1.29 is 14.3 Å². The van der Waals surface area contributed by atoms with Gasteiger partial charge in [-0.15, -0.1) is 0 Å². The van der Waals surface area contributed by atoms with Gasteiger partial charge >= 0.3 is 5.69 Å². The summed E-state index contributed by atoms with van der Waals surface area (Å²) in [4.78, 5) is 40.3. The number of hydrogen-bond acceptors (Lipinski definition) is 7. The molecule has 0 unspecified atom stereocenters. The molecule has 4 N–H and O–H groups in total. The zero-order chi connectivity index (χ0) is 19.5. The molecule has 0 saturated carbocycles. The van der Waals surface area contributed by atoms with Crippen molar-refractivity contribution in [2.45, 2.75) is 26.3 Å². The van der Waals surface area contributed by atoms with Gasteiger partial charge in [0.15, 0.2) is 0 Å². The third-order valence-electron chi connectivity index (χ3n) is 3.79. The number of unbranched alkanes of at least 4 members (excludes halogenated alkanes) is 1. The van der Waals surface area contributed by atoms with Gasteiger partial charge in [-0.05, 0) is 6.42 Å². The van der Waals surface area contributed by atoms with Crippen LogP contribution < -0.4 is 27.2 Å². The van der Waals surface area contributed by atoms with Crippen molar-refractivity contribution in [3.05, 3.63) is 20.8 Å². The SMILES string of the molecule is CCCCn1c(N)c(N(CCOC)CC(=O)NCCOC)c(=O)[nH]c1=O. The fraction of sp³-hybridized carbons (Fsp3) is 0.688. The Morgan fingerprint density at radius 2 is 1.96 bits per heavy atom. The minimum absolute atomic E-state index is 0.0491. The quantitative estimate of drug-likeness (QED) is 0.407. The smallest absolute Gasteiger partial charge is 0.330 e. The van der Waals surface area contributed by atoms with Crippen LogP contribution >= 0.6 is 0 Å². The highest BCUT2D eigenvalue weighted by molar-refractivity contribution is 5.82. The topological polar surface area (TPSA) is 132 Å². The molecule has 0 aromatic carbocycles. The summed E-state index contributed by atoms with van der Waals surface area (Å²) in [5, 5.41) is 2.69. The molecule has 1 aromatic rings. The van der Waals surface area contributed by atoms with Gasteiger partial charge in [0.25, 0.3) is 5.56 Å². The van der Waals surface area contributed by atoms with Crippen LogP contribution in [0.2, 0.25) is 0 Å². The molecule has 26 heavy (non-hydrogen) atoms. The van der Waals surface area contributed by atoms with E-state index < -0.39 is 11.2 Å². The van der Waals surface area contributed by atoms with Crippen LogP contribution in [0.4, 0.5) is 11.5 Å². The van der Waals surface area contributed by atoms with Crippen molar-refractivity contribution in [2.75, 3.05) is 57.7 Å². The predicted octanol–water partition coefficient (Wildman–Crippen LogP) is -0.866. The molecule has 10 nitrogen and oxygen atoms in total. The second-order valence-electron chi connectivity index (χ2n) is 5.76. The molecule has 0 saturated heterocycles. The summed E-state index contributed by atoms with van der Waals surface area (Å²) in [5.74, 6) is -0.240. The lowest BCUT2D eigenvalue weighted by Gasteiger charge is -2.25. The monoisotopic (exact) mass is 371 g/mol. The number of ether oxygens (including phenoxy) is 2. The summed E-state index contributed by atoms with van der Waals surface area (Å²) in [6.07, 6.45) is 1.61. The Kier molecular flexibility index (Phi) is 9.45. The summed E-state index contributed by atoms with van der Waals surface area (Å²) in [5.41, 5.74) is 5.02. The van der Waals surface area contributed by atoms with Crippen molar-refractivity contribution in [2.24, 2.45) is 0 Å². The maximum atomic E-state index is 12.4. The zero-order valence-corrected chi connectivity index (χ0v) is 15.7. The van der Waals surface area contributed by atoms with Gasteiger partial charge in [-0.2, -0.15) is 0 Å². The summed E-state index contributed by atoms with van der Waals surface area (Å²) >= 11 is 0. The number of nitrogen functional groups attached to an aromatic ring is 1. The van der Waals surface area contributed by atoms with E-state index in [0.717, 1.165) is 12.8 Å². The number of carbonyl (C=O) groups excluding carboxylic acids is 1. The van der Waals surface area contributed by atoms with Crippen molar-refractivity contribution in [1.29, 1.82) is 0 Å². The van der Waals surface area contributed by atoms with Crippen LogP contribution in [0.1, 0.15) is 19.8 Å². The van der Waals surface area contributed by atoms with Crippen molar-refractivity contribution in [3.8, 4) is 0 Å². The Morgan fingerprint density at radius 3 is 2.58 bits per heavy atom. The lowest BCUT2D eigenvalue weighted by molar-refractivity contribution is -0.120. The Labute approximate surface area is 152 Å². The maximum absolute atomic E-state index is 12.4. The van der Waals surface area contributed by atoms with E-state index in [1.54, 1.807) is 0 Å². The van der Waals surface area contributed by atoms with E-state index in [9.17, 15) is 14.4 Å². The third-order valence-corrected chi connectivity index (χ3v) is 3.79. The molecule has 148 valence electrons. The number of carbonyl (C=O) groups is 1.